The van der Waals surface area contributed by atoms with Crippen molar-refractivity contribution in [3.63, 3.8) is 0 Å². The van der Waals surface area contributed by atoms with Crippen molar-refractivity contribution in [2.24, 2.45) is 5.73 Å². The van der Waals surface area contributed by atoms with Gasteiger partial charge in [0.05, 0.1) is 13.2 Å². The van der Waals surface area contributed by atoms with Gasteiger partial charge in [-0.05, 0) is 23.8 Å². The molecule has 0 aromatic heterocycles. The topological polar surface area (TPSA) is 64.7 Å². The molecule has 0 spiro atoms. The molecule has 3 N–H and O–H groups in total. The Hall–Kier alpha value is -2.19. The van der Waals surface area contributed by atoms with E-state index in [1.54, 1.807) is 0 Å². The molecule has 0 amide bonds. The van der Waals surface area contributed by atoms with Gasteiger partial charge >= 0.3 is 6.36 Å². The predicted octanol–water partition coefficient (Wildman–Crippen LogP) is 3.91. The van der Waals surface area contributed by atoms with E-state index in [2.05, 4.69) is 4.74 Å². The quantitative estimate of drug-likeness (QED) is 0.804. The minimum Gasteiger partial charge on any atom is -0.504 e. The summed E-state index contributed by atoms with van der Waals surface area (Å²) in [6, 6.07) is 5.81. The molecule has 0 aliphatic rings. The maximum Gasteiger partial charge on any atom is 0.573 e. The first kappa shape index (κ1) is 19.9. The number of rotatable bonds is 4. The SMILES string of the molecule is COc1cc(F)cc([C@H](N)c2ccc(OC(F)(F)F)cc2)c1O.Cl. The fourth-order valence-electron chi connectivity index (χ4n) is 2.04. The predicted molar refractivity (Wildman–Crippen MR) is 81.0 cm³/mol. The number of phenolic OH excluding ortho intramolecular Hbond substituents is 1. The van der Waals surface area contributed by atoms with Gasteiger partial charge in [0, 0.05) is 11.6 Å². The molecule has 0 saturated heterocycles. The van der Waals surface area contributed by atoms with E-state index < -0.39 is 24.0 Å². The smallest absolute Gasteiger partial charge is 0.504 e. The number of aromatic hydroxyl groups is 1. The molecule has 0 saturated carbocycles. The monoisotopic (exact) mass is 367 g/mol. The number of nitrogens with two attached hydrogens (primary N) is 1. The Morgan fingerprint density at radius 3 is 2.21 bits per heavy atom. The highest BCUT2D eigenvalue weighted by atomic mass is 35.5. The average molecular weight is 368 g/mol. The van der Waals surface area contributed by atoms with Gasteiger partial charge in [-0.1, -0.05) is 12.1 Å². The Labute approximate surface area is 141 Å². The van der Waals surface area contributed by atoms with Crippen LogP contribution in [0.4, 0.5) is 17.6 Å². The minimum absolute atomic E-state index is 0. The first-order valence-electron chi connectivity index (χ1n) is 6.39. The van der Waals surface area contributed by atoms with Crippen LogP contribution in [0.15, 0.2) is 36.4 Å². The lowest BCUT2D eigenvalue weighted by molar-refractivity contribution is -0.274. The van der Waals surface area contributed by atoms with Crippen molar-refractivity contribution in [1.82, 2.24) is 0 Å². The number of phenols is 1. The van der Waals surface area contributed by atoms with Crippen LogP contribution in [0.1, 0.15) is 17.2 Å². The Balaban J connectivity index is 0.00000288. The summed E-state index contributed by atoms with van der Waals surface area (Å²) in [6.07, 6.45) is -4.79. The van der Waals surface area contributed by atoms with Crippen LogP contribution in [0.3, 0.4) is 0 Å². The third kappa shape index (κ3) is 4.65. The Bertz CT molecular complexity index is 692. The van der Waals surface area contributed by atoms with Crippen molar-refractivity contribution in [3.05, 3.63) is 53.3 Å². The maximum atomic E-state index is 13.5. The fourth-order valence-corrected chi connectivity index (χ4v) is 2.04. The van der Waals surface area contributed by atoms with Crippen LogP contribution in [-0.4, -0.2) is 18.6 Å². The molecule has 2 aromatic rings. The number of ether oxygens (including phenoxy) is 2. The van der Waals surface area contributed by atoms with Crippen LogP contribution >= 0.6 is 12.4 Å². The number of alkyl halides is 3. The van der Waals surface area contributed by atoms with Crippen LogP contribution in [-0.2, 0) is 0 Å². The molecule has 0 heterocycles. The van der Waals surface area contributed by atoms with Gasteiger partial charge in [0.25, 0.3) is 0 Å². The van der Waals surface area contributed by atoms with Crippen LogP contribution in [0.5, 0.6) is 17.2 Å². The van der Waals surface area contributed by atoms with Gasteiger partial charge < -0.3 is 20.3 Å². The van der Waals surface area contributed by atoms with E-state index in [-0.39, 0.29) is 29.5 Å². The summed E-state index contributed by atoms with van der Waals surface area (Å²) in [4.78, 5) is 0. The Morgan fingerprint density at radius 1 is 1.12 bits per heavy atom. The molecule has 2 aromatic carbocycles. The van der Waals surface area contributed by atoms with E-state index >= 15 is 0 Å². The van der Waals surface area contributed by atoms with Gasteiger partial charge in [-0.3, -0.25) is 0 Å². The van der Waals surface area contributed by atoms with E-state index in [1.807, 2.05) is 0 Å². The second-order valence-electron chi connectivity index (χ2n) is 4.64. The van der Waals surface area contributed by atoms with E-state index in [9.17, 15) is 22.7 Å². The van der Waals surface area contributed by atoms with Crippen molar-refractivity contribution in [3.8, 4) is 17.2 Å². The molecular formula is C15H14ClF4NO3. The number of halogens is 5. The van der Waals surface area contributed by atoms with Crippen molar-refractivity contribution in [2.75, 3.05) is 7.11 Å². The molecule has 0 radical (unpaired) electrons. The van der Waals surface area contributed by atoms with Gasteiger partial charge in [0.1, 0.15) is 11.6 Å². The van der Waals surface area contributed by atoms with Crippen molar-refractivity contribution < 1.29 is 32.1 Å². The van der Waals surface area contributed by atoms with Crippen molar-refractivity contribution >= 4 is 12.4 Å². The molecule has 24 heavy (non-hydrogen) atoms. The molecule has 132 valence electrons. The van der Waals surface area contributed by atoms with Gasteiger partial charge in [0.15, 0.2) is 11.5 Å². The second-order valence-corrected chi connectivity index (χ2v) is 4.64. The molecule has 0 aliphatic carbocycles. The van der Waals surface area contributed by atoms with E-state index in [1.165, 1.54) is 19.2 Å². The number of benzene rings is 2. The molecule has 0 aliphatic heterocycles. The lowest BCUT2D eigenvalue weighted by Gasteiger charge is -2.17. The van der Waals surface area contributed by atoms with E-state index in [0.717, 1.165) is 24.3 Å². The highest BCUT2D eigenvalue weighted by Crippen LogP contribution is 2.36. The molecule has 0 fully saturated rings. The minimum atomic E-state index is -4.79. The number of hydrogen-bond acceptors (Lipinski definition) is 4. The van der Waals surface area contributed by atoms with Crippen molar-refractivity contribution in [2.45, 2.75) is 12.4 Å². The molecule has 9 heteroatoms. The zero-order valence-corrected chi connectivity index (χ0v) is 13.1. The highest BCUT2D eigenvalue weighted by molar-refractivity contribution is 5.85. The summed E-state index contributed by atoms with van der Waals surface area (Å²) in [5, 5.41) is 10.0. The third-order valence-electron chi connectivity index (χ3n) is 3.10. The summed E-state index contributed by atoms with van der Waals surface area (Å²) in [5.41, 5.74) is 6.35. The maximum absolute atomic E-state index is 13.5. The molecule has 0 bridgehead atoms. The van der Waals surface area contributed by atoms with Crippen LogP contribution in [0.25, 0.3) is 0 Å². The first-order valence-corrected chi connectivity index (χ1v) is 6.39. The highest BCUT2D eigenvalue weighted by Gasteiger charge is 2.31. The molecular weight excluding hydrogens is 354 g/mol. The lowest BCUT2D eigenvalue weighted by Crippen LogP contribution is -2.17. The molecule has 2 rings (SSSR count). The van der Waals surface area contributed by atoms with Crippen LogP contribution in [0, 0.1) is 5.82 Å². The normalized spacial score (nSPS) is 12.2. The largest absolute Gasteiger partial charge is 0.573 e. The van der Waals surface area contributed by atoms with Crippen LogP contribution in [0.2, 0.25) is 0 Å². The molecule has 0 unspecified atom stereocenters. The third-order valence-corrected chi connectivity index (χ3v) is 3.10. The van der Waals surface area contributed by atoms with Crippen molar-refractivity contribution in [1.29, 1.82) is 0 Å². The van der Waals surface area contributed by atoms with Crippen LogP contribution < -0.4 is 15.2 Å². The molecule has 4 nitrogen and oxygen atoms in total. The standard InChI is InChI=1S/C15H13F4NO3.ClH/c1-22-12-7-9(16)6-11(14(12)21)13(20)8-2-4-10(5-3-8)23-15(17,18)19;/h2-7,13,21H,20H2,1H3;1H/t13-;/m1./s1. The molecule has 1 atom stereocenters. The van der Waals surface area contributed by atoms with Gasteiger partial charge in [-0.2, -0.15) is 0 Å². The zero-order chi connectivity index (χ0) is 17.2. The van der Waals surface area contributed by atoms with Gasteiger partial charge in [-0.15, -0.1) is 25.6 Å². The fraction of sp³-hybridized carbons (Fsp3) is 0.200. The summed E-state index contributed by atoms with van der Waals surface area (Å²) in [5.74, 6) is -1.50. The lowest BCUT2D eigenvalue weighted by atomic mass is 9.98. The van der Waals surface area contributed by atoms with E-state index in [4.69, 9.17) is 10.5 Å². The summed E-state index contributed by atoms with van der Waals surface area (Å²) >= 11 is 0. The zero-order valence-electron chi connectivity index (χ0n) is 12.3. The average Bonchev–Trinajstić information content (AvgIpc) is 2.47. The Morgan fingerprint density at radius 2 is 1.71 bits per heavy atom. The summed E-state index contributed by atoms with van der Waals surface area (Å²) in [6.45, 7) is 0. The number of hydrogen-bond donors (Lipinski definition) is 2. The number of methoxy groups -OCH3 is 1. The summed E-state index contributed by atoms with van der Waals surface area (Å²) in [7, 11) is 1.26. The second kappa shape index (κ2) is 7.59. The van der Waals surface area contributed by atoms with E-state index in [0.29, 0.717) is 5.56 Å². The Kier molecular flexibility index (Phi) is 6.28. The van der Waals surface area contributed by atoms with Gasteiger partial charge in [-0.25, -0.2) is 4.39 Å². The summed E-state index contributed by atoms with van der Waals surface area (Å²) < 4.78 is 58.4. The van der Waals surface area contributed by atoms with Gasteiger partial charge in [0.2, 0.25) is 0 Å². The first-order chi connectivity index (χ1) is 10.7.